The molecule has 0 aliphatic heterocycles. The van der Waals surface area contributed by atoms with Gasteiger partial charge in [0.25, 0.3) is 0 Å². The van der Waals surface area contributed by atoms with E-state index in [1.807, 2.05) is 12.3 Å². The zero-order valence-electron chi connectivity index (χ0n) is 29.4. The lowest BCUT2D eigenvalue weighted by Crippen LogP contribution is -2.11. The molecule has 11 rings (SSSR count). The maximum atomic E-state index is 14.1. The number of nitrogens with zero attached hydrogens (tertiary/aromatic N) is 5. The van der Waals surface area contributed by atoms with E-state index < -0.39 is 5.82 Å². The summed E-state index contributed by atoms with van der Waals surface area (Å²) in [6.07, 6.45) is 4.33. The van der Waals surface area contributed by atoms with Gasteiger partial charge in [-0.05, 0) is 113 Å². The van der Waals surface area contributed by atoms with Crippen LogP contribution in [-0.2, 0) is 0 Å². The van der Waals surface area contributed by atoms with Crippen LogP contribution in [0.4, 0.5) is 43.2 Å². The highest BCUT2D eigenvalue weighted by molar-refractivity contribution is 7.26. The first-order valence-corrected chi connectivity index (χ1v) is 19.7. The highest BCUT2D eigenvalue weighted by Crippen LogP contribution is 2.43. The number of benzene rings is 6. The van der Waals surface area contributed by atoms with Gasteiger partial charge in [0.1, 0.15) is 28.1 Å². The van der Waals surface area contributed by atoms with Gasteiger partial charge in [0.05, 0.1) is 12.4 Å². The molecule has 0 amide bonds. The van der Waals surface area contributed by atoms with E-state index in [1.54, 1.807) is 34.8 Å². The lowest BCUT2D eigenvalue weighted by atomic mass is 10.00. The van der Waals surface area contributed by atoms with Crippen molar-refractivity contribution in [3.05, 3.63) is 176 Å². The van der Waals surface area contributed by atoms with Crippen LogP contribution in [-0.4, -0.2) is 15.0 Å². The molecule has 6 aromatic carbocycles. The van der Waals surface area contributed by atoms with Crippen LogP contribution >= 0.6 is 22.7 Å². The van der Waals surface area contributed by atoms with E-state index in [1.165, 1.54) is 44.7 Å². The molecule has 0 fully saturated rings. The number of rotatable bonds is 6. The second kappa shape index (κ2) is 12.9. The molecule has 0 unspecified atom stereocenters. The SMILES string of the molecule is Fc1ccc(N(c2ccc3c(ccc4cc(N(c5ccc6c(c5)sc5ncccc56)c5ccc(F)cn5)ccc43)c2)c2ccc3c(c2)sc2ccccc23)nc1. The first-order valence-electron chi connectivity index (χ1n) is 18.0. The Kier molecular flexibility index (Phi) is 7.51. The third kappa shape index (κ3) is 5.43. The summed E-state index contributed by atoms with van der Waals surface area (Å²) in [5.74, 6) is 0.456. The minimum atomic E-state index is -0.390. The van der Waals surface area contributed by atoms with Crippen molar-refractivity contribution in [2.45, 2.75) is 0 Å². The highest BCUT2D eigenvalue weighted by atomic mass is 32.1. The number of aromatic nitrogens is 3. The predicted molar refractivity (Wildman–Crippen MR) is 230 cm³/mol. The number of halogens is 2. The standard InChI is InChI=1S/C47H27F2N5S2/c48-30-9-19-45(51-26-30)53(34-13-17-39-38-4-1-2-6-42(38)55-43(39)24-34)32-11-15-36-28(22-32)7-8-29-23-33(12-16-37(29)36)54(46-20-10-31(49)27-52-46)35-14-18-40-41-5-3-21-50-47(41)56-44(40)25-35/h1-27H. The van der Waals surface area contributed by atoms with E-state index in [2.05, 4.69) is 140 Å². The predicted octanol–water partition coefficient (Wildman–Crippen LogP) is 14.1. The monoisotopic (exact) mass is 763 g/mol. The molecule has 5 aromatic heterocycles. The summed E-state index contributed by atoms with van der Waals surface area (Å²) >= 11 is 3.41. The van der Waals surface area contributed by atoms with Gasteiger partial charge in [0, 0.05) is 64.6 Å². The zero-order chi connectivity index (χ0) is 37.3. The van der Waals surface area contributed by atoms with E-state index in [0.29, 0.717) is 11.6 Å². The molecule has 0 saturated heterocycles. The fourth-order valence-corrected chi connectivity index (χ4v) is 9.96. The summed E-state index contributed by atoms with van der Waals surface area (Å²) in [5.41, 5.74) is 3.66. The highest BCUT2D eigenvalue weighted by Gasteiger charge is 2.19. The van der Waals surface area contributed by atoms with Crippen LogP contribution < -0.4 is 9.80 Å². The maximum Gasteiger partial charge on any atom is 0.141 e. The number of hydrogen-bond acceptors (Lipinski definition) is 7. The van der Waals surface area contributed by atoms with Crippen LogP contribution in [0.3, 0.4) is 0 Å². The lowest BCUT2D eigenvalue weighted by molar-refractivity contribution is 0.621. The van der Waals surface area contributed by atoms with Gasteiger partial charge >= 0.3 is 0 Å². The number of thiophene rings is 2. The van der Waals surface area contributed by atoms with Gasteiger partial charge in [0.2, 0.25) is 0 Å². The minimum Gasteiger partial charge on any atom is -0.295 e. The molecular weight excluding hydrogens is 737 g/mol. The normalized spacial score (nSPS) is 11.8. The van der Waals surface area contributed by atoms with Crippen molar-refractivity contribution < 1.29 is 8.78 Å². The Hall–Kier alpha value is -6.81. The molecule has 9 heteroatoms. The summed E-state index contributed by atoms with van der Waals surface area (Å²) in [4.78, 5) is 18.7. The molecular formula is C47H27F2N5S2. The van der Waals surface area contributed by atoms with Gasteiger partial charge in [-0.25, -0.2) is 23.7 Å². The van der Waals surface area contributed by atoms with Crippen LogP contribution in [0.5, 0.6) is 0 Å². The third-order valence-corrected chi connectivity index (χ3v) is 12.5. The average Bonchev–Trinajstić information content (AvgIpc) is 3.80. The molecule has 56 heavy (non-hydrogen) atoms. The lowest BCUT2D eigenvalue weighted by Gasteiger charge is -2.25. The molecule has 0 spiro atoms. The van der Waals surface area contributed by atoms with Gasteiger partial charge in [-0.2, -0.15) is 0 Å². The number of hydrogen-bond donors (Lipinski definition) is 0. The molecule has 0 aliphatic carbocycles. The second-order valence-electron chi connectivity index (χ2n) is 13.6. The Bertz CT molecular complexity index is 3080. The Morgan fingerprint density at radius 2 is 0.893 bits per heavy atom. The molecule has 0 atom stereocenters. The van der Waals surface area contributed by atoms with Crippen molar-refractivity contribution >= 4 is 119 Å². The van der Waals surface area contributed by atoms with Crippen LogP contribution in [0, 0.1) is 11.6 Å². The summed E-state index contributed by atoms with van der Waals surface area (Å²) in [6, 6.07) is 48.7. The van der Waals surface area contributed by atoms with Crippen molar-refractivity contribution in [2.75, 3.05) is 9.80 Å². The van der Waals surface area contributed by atoms with Crippen LogP contribution in [0.25, 0.3) is 62.0 Å². The van der Waals surface area contributed by atoms with E-state index in [4.69, 9.17) is 0 Å². The summed E-state index contributed by atoms with van der Waals surface area (Å²) < 4.78 is 31.8. The molecule has 11 aromatic rings. The number of pyridine rings is 3. The molecule has 0 saturated carbocycles. The third-order valence-electron chi connectivity index (χ3n) is 10.3. The molecule has 5 heterocycles. The molecule has 5 nitrogen and oxygen atoms in total. The molecule has 0 radical (unpaired) electrons. The van der Waals surface area contributed by atoms with Crippen LogP contribution in [0.2, 0.25) is 0 Å². The van der Waals surface area contributed by atoms with Gasteiger partial charge in [-0.1, -0.05) is 54.6 Å². The summed E-state index contributed by atoms with van der Waals surface area (Å²) in [5, 5.41) is 9.00. The fourth-order valence-electron chi connectivity index (χ4n) is 7.74. The Balaban J connectivity index is 1.02. The van der Waals surface area contributed by atoms with Crippen LogP contribution in [0.1, 0.15) is 0 Å². The largest absolute Gasteiger partial charge is 0.295 e. The topological polar surface area (TPSA) is 45.2 Å². The Morgan fingerprint density at radius 3 is 1.48 bits per heavy atom. The fraction of sp³-hybridized carbons (Fsp3) is 0. The molecule has 0 N–H and O–H groups in total. The van der Waals surface area contributed by atoms with E-state index in [0.717, 1.165) is 64.6 Å². The average molecular weight is 764 g/mol. The van der Waals surface area contributed by atoms with Crippen molar-refractivity contribution in [3.63, 3.8) is 0 Å². The quantitative estimate of drug-likeness (QED) is 0.158. The first kappa shape index (κ1) is 32.6. The van der Waals surface area contributed by atoms with Gasteiger partial charge in [-0.15, -0.1) is 22.7 Å². The summed E-state index contributed by atoms with van der Waals surface area (Å²) in [6.45, 7) is 0. The summed E-state index contributed by atoms with van der Waals surface area (Å²) in [7, 11) is 0. The molecule has 0 aliphatic rings. The van der Waals surface area contributed by atoms with E-state index in [-0.39, 0.29) is 5.82 Å². The smallest absolute Gasteiger partial charge is 0.141 e. The van der Waals surface area contributed by atoms with Gasteiger partial charge < -0.3 is 0 Å². The van der Waals surface area contributed by atoms with Crippen molar-refractivity contribution in [1.29, 1.82) is 0 Å². The maximum absolute atomic E-state index is 14.1. The Morgan fingerprint density at radius 1 is 0.393 bits per heavy atom. The van der Waals surface area contributed by atoms with Gasteiger partial charge in [-0.3, -0.25) is 9.80 Å². The molecule has 266 valence electrons. The van der Waals surface area contributed by atoms with E-state index >= 15 is 0 Å². The minimum absolute atomic E-state index is 0.385. The van der Waals surface area contributed by atoms with Crippen molar-refractivity contribution in [3.8, 4) is 0 Å². The number of anilines is 6. The second-order valence-corrected chi connectivity index (χ2v) is 15.7. The first-order chi connectivity index (χ1) is 27.5. The van der Waals surface area contributed by atoms with Crippen molar-refractivity contribution in [2.24, 2.45) is 0 Å². The molecule has 0 bridgehead atoms. The van der Waals surface area contributed by atoms with E-state index in [9.17, 15) is 8.78 Å². The van der Waals surface area contributed by atoms with Crippen LogP contribution in [0.15, 0.2) is 164 Å². The number of fused-ring (bicyclic) bond motifs is 9. The zero-order valence-corrected chi connectivity index (χ0v) is 31.0. The van der Waals surface area contributed by atoms with Gasteiger partial charge in [0.15, 0.2) is 0 Å². The Labute approximate surface area is 327 Å². The van der Waals surface area contributed by atoms with Crippen molar-refractivity contribution in [1.82, 2.24) is 15.0 Å².